The van der Waals surface area contributed by atoms with Crippen LogP contribution in [0.5, 0.6) is 0 Å². The van der Waals surface area contributed by atoms with Gasteiger partial charge in [-0.05, 0) is 38.5 Å². The summed E-state index contributed by atoms with van der Waals surface area (Å²) in [5.41, 5.74) is 0. The average Bonchev–Trinajstić information content (AvgIpc) is 2.76. The molecule has 0 aromatic rings. The molecule has 1 fully saturated rings. The first-order valence-corrected chi connectivity index (χ1v) is 6.26. The molecule has 88 valence electrons. The van der Waals surface area contributed by atoms with Crippen molar-refractivity contribution < 1.29 is 5.11 Å². The third kappa shape index (κ3) is 4.80. The third-order valence-corrected chi connectivity index (χ3v) is 3.42. The fourth-order valence-electron chi connectivity index (χ4n) is 2.30. The molecule has 1 rings (SSSR count). The lowest BCUT2D eigenvalue weighted by molar-refractivity contribution is 0.106. The Kier molecular flexibility index (Phi) is 5.96. The van der Waals surface area contributed by atoms with Crippen LogP contribution < -0.4 is 5.32 Å². The molecule has 0 amide bonds. The number of nitrogens with one attached hydrogen (secondary N) is 1. The number of aliphatic hydroxyl groups is 1. The predicted molar refractivity (Wildman–Crippen MR) is 64.9 cm³/mol. The Morgan fingerprint density at radius 1 is 1.47 bits per heavy atom. The molecule has 2 nitrogen and oxygen atoms in total. The Balaban J connectivity index is 2.09. The highest BCUT2D eigenvalue weighted by Gasteiger charge is 2.22. The number of hydrogen-bond donors (Lipinski definition) is 2. The van der Waals surface area contributed by atoms with Gasteiger partial charge in [0.05, 0.1) is 6.10 Å². The van der Waals surface area contributed by atoms with Gasteiger partial charge in [0.15, 0.2) is 0 Å². The van der Waals surface area contributed by atoms with Crippen LogP contribution in [0.4, 0.5) is 0 Å². The van der Waals surface area contributed by atoms with E-state index in [1.165, 1.54) is 25.7 Å². The fourth-order valence-corrected chi connectivity index (χ4v) is 2.30. The number of aliphatic hydroxyl groups excluding tert-OH is 1. The number of allylic oxidation sites excluding steroid dienone is 1. The van der Waals surface area contributed by atoms with Gasteiger partial charge in [-0.15, -0.1) is 6.58 Å². The van der Waals surface area contributed by atoms with Crippen LogP contribution in [0.1, 0.15) is 45.4 Å². The Morgan fingerprint density at radius 2 is 2.13 bits per heavy atom. The van der Waals surface area contributed by atoms with Crippen molar-refractivity contribution in [3.8, 4) is 0 Å². The van der Waals surface area contributed by atoms with Crippen molar-refractivity contribution in [3.63, 3.8) is 0 Å². The topological polar surface area (TPSA) is 32.3 Å². The Labute approximate surface area is 93.8 Å². The molecule has 0 aromatic carbocycles. The highest BCUT2D eigenvalue weighted by atomic mass is 16.3. The van der Waals surface area contributed by atoms with Crippen LogP contribution in [0.2, 0.25) is 0 Å². The maximum absolute atomic E-state index is 9.94. The molecule has 2 atom stereocenters. The van der Waals surface area contributed by atoms with Crippen LogP contribution in [-0.4, -0.2) is 23.8 Å². The molecule has 0 saturated heterocycles. The van der Waals surface area contributed by atoms with Gasteiger partial charge in [0.1, 0.15) is 0 Å². The van der Waals surface area contributed by atoms with Crippen molar-refractivity contribution in [3.05, 3.63) is 12.7 Å². The van der Waals surface area contributed by atoms with E-state index in [1.54, 1.807) is 0 Å². The lowest BCUT2D eigenvalue weighted by Gasteiger charge is -2.21. The minimum Gasteiger partial charge on any atom is -0.392 e. The maximum atomic E-state index is 9.94. The van der Waals surface area contributed by atoms with Crippen LogP contribution in [0.25, 0.3) is 0 Å². The lowest BCUT2D eigenvalue weighted by Crippen LogP contribution is -2.36. The van der Waals surface area contributed by atoms with Crippen molar-refractivity contribution >= 4 is 0 Å². The zero-order valence-corrected chi connectivity index (χ0v) is 9.91. The second kappa shape index (κ2) is 7.02. The molecule has 15 heavy (non-hydrogen) atoms. The van der Waals surface area contributed by atoms with Crippen molar-refractivity contribution in [2.45, 2.75) is 57.6 Å². The van der Waals surface area contributed by atoms with E-state index in [0.717, 1.165) is 19.4 Å². The number of hydrogen-bond acceptors (Lipinski definition) is 2. The van der Waals surface area contributed by atoms with E-state index in [2.05, 4.69) is 18.8 Å². The molecule has 0 spiro atoms. The molecule has 0 aliphatic heterocycles. The second-order valence-electron chi connectivity index (χ2n) is 4.79. The van der Waals surface area contributed by atoms with Gasteiger partial charge in [-0.3, -0.25) is 0 Å². The highest BCUT2D eigenvalue weighted by Crippen LogP contribution is 2.27. The van der Waals surface area contributed by atoms with E-state index < -0.39 is 0 Å². The van der Waals surface area contributed by atoms with Gasteiger partial charge in [0, 0.05) is 12.6 Å². The molecule has 1 saturated carbocycles. The molecule has 2 N–H and O–H groups in total. The van der Waals surface area contributed by atoms with Gasteiger partial charge < -0.3 is 10.4 Å². The summed E-state index contributed by atoms with van der Waals surface area (Å²) < 4.78 is 0. The van der Waals surface area contributed by atoms with E-state index >= 15 is 0 Å². The first-order chi connectivity index (χ1) is 7.24. The lowest BCUT2D eigenvalue weighted by atomic mass is 10.0. The standard InChI is InChI=1S/C13H25NO/c1-3-4-7-11(2)14-10-13(15)12-8-5-6-9-12/h3,11-15H,1,4-10H2,2H3. The Morgan fingerprint density at radius 3 is 2.73 bits per heavy atom. The minimum absolute atomic E-state index is 0.140. The van der Waals surface area contributed by atoms with Crippen molar-refractivity contribution in [2.24, 2.45) is 5.92 Å². The first kappa shape index (κ1) is 12.7. The monoisotopic (exact) mass is 211 g/mol. The summed E-state index contributed by atoms with van der Waals surface area (Å²) in [4.78, 5) is 0. The zero-order chi connectivity index (χ0) is 11.1. The van der Waals surface area contributed by atoms with Gasteiger partial charge in [-0.2, -0.15) is 0 Å². The van der Waals surface area contributed by atoms with Gasteiger partial charge in [0.25, 0.3) is 0 Å². The van der Waals surface area contributed by atoms with Crippen molar-refractivity contribution in [1.82, 2.24) is 5.32 Å². The number of rotatable bonds is 7. The quantitative estimate of drug-likeness (QED) is 0.634. The third-order valence-electron chi connectivity index (χ3n) is 3.42. The fraction of sp³-hybridized carbons (Fsp3) is 0.846. The molecule has 2 unspecified atom stereocenters. The summed E-state index contributed by atoms with van der Waals surface area (Å²) in [6, 6.07) is 0.485. The molecule has 2 heteroatoms. The molecule has 1 aliphatic rings. The van der Waals surface area contributed by atoms with E-state index in [0.29, 0.717) is 12.0 Å². The molecule has 0 bridgehead atoms. The van der Waals surface area contributed by atoms with E-state index in [9.17, 15) is 5.11 Å². The van der Waals surface area contributed by atoms with E-state index in [-0.39, 0.29) is 6.10 Å². The molecule has 0 aromatic heterocycles. The SMILES string of the molecule is C=CCCC(C)NCC(O)C1CCCC1. The predicted octanol–water partition coefficient (Wildman–Crippen LogP) is 2.48. The largest absolute Gasteiger partial charge is 0.392 e. The highest BCUT2D eigenvalue weighted by molar-refractivity contribution is 4.78. The second-order valence-corrected chi connectivity index (χ2v) is 4.79. The van der Waals surface area contributed by atoms with E-state index in [1.807, 2.05) is 6.08 Å². The molecular weight excluding hydrogens is 186 g/mol. The normalized spacial score (nSPS) is 21.5. The summed E-state index contributed by atoms with van der Waals surface area (Å²) in [5.74, 6) is 0.545. The van der Waals surface area contributed by atoms with Gasteiger partial charge >= 0.3 is 0 Å². The van der Waals surface area contributed by atoms with Gasteiger partial charge in [-0.1, -0.05) is 18.9 Å². The maximum Gasteiger partial charge on any atom is 0.0692 e. The molecular formula is C13H25NO. The van der Waals surface area contributed by atoms with Gasteiger partial charge in [0.2, 0.25) is 0 Å². The molecule has 0 radical (unpaired) electrons. The van der Waals surface area contributed by atoms with Crippen molar-refractivity contribution in [1.29, 1.82) is 0 Å². The van der Waals surface area contributed by atoms with Crippen LogP contribution in [-0.2, 0) is 0 Å². The van der Waals surface area contributed by atoms with Crippen LogP contribution >= 0.6 is 0 Å². The van der Waals surface area contributed by atoms with Crippen LogP contribution in [0.3, 0.4) is 0 Å². The van der Waals surface area contributed by atoms with Gasteiger partial charge in [-0.25, -0.2) is 0 Å². The van der Waals surface area contributed by atoms with Crippen molar-refractivity contribution in [2.75, 3.05) is 6.54 Å². The van der Waals surface area contributed by atoms with Crippen LogP contribution in [0.15, 0.2) is 12.7 Å². The average molecular weight is 211 g/mol. The summed E-state index contributed by atoms with van der Waals surface area (Å²) >= 11 is 0. The Hall–Kier alpha value is -0.340. The zero-order valence-electron chi connectivity index (χ0n) is 9.91. The first-order valence-electron chi connectivity index (χ1n) is 6.26. The van der Waals surface area contributed by atoms with Crippen LogP contribution in [0, 0.1) is 5.92 Å². The summed E-state index contributed by atoms with van der Waals surface area (Å²) in [5, 5.41) is 13.3. The molecule has 0 heterocycles. The minimum atomic E-state index is -0.140. The summed E-state index contributed by atoms with van der Waals surface area (Å²) in [7, 11) is 0. The summed E-state index contributed by atoms with van der Waals surface area (Å²) in [6.07, 6.45) is 8.99. The van der Waals surface area contributed by atoms with E-state index in [4.69, 9.17) is 0 Å². The smallest absolute Gasteiger partial charge is 0.0692 e. The molecule has 1 aliphatic carbocycles. The Bertz CT molecular complexity index is 175. The summed E-state index contributed by atoms with van der Waals surface area (Å²) in [6.45, 7) is 6.64.